The van der Waals surface area contributed by atoms with Crippen LogP contribution in [0, 0.1) is 12.3 Å². The van der Waals surface area contributed by atoms with E-state index in [0.717, 1.165) is 0 Å². The smallest absolute Gasteiger partial charge is 0.211 e. The number of thioether (sulfide) groups is 1. The Kier molecular flexibility index (Phi) is 8.15. The van der Waals surface area contributed by atoms with Crippen LogP contribution in [0.5, 0.6) is 0 Å². The van der Waals surface area contributed by atoms with E-state index in [1.54, 1.807) is 19.9 Å². The minimum Gasteiger partial charge on any atom is -0.468 e. The molecule has 0 fully saturated rings. The Morgan fingerprint density at radius 2 is 2.21 bits per heavy atom. The second-order valence-electron chi connectivity index (χ2n) is 7.39. The van der Waals surface area contributed by atoms with Crippen molar-refractivity contribution in [2.75, 3.05) is 24.9 Å². The van der Waals surface area contributed by atoms with Crippen LogP contribution in [0.15, 0.2) is 46.5 Å². The molecule has 33 heavy (non-hydrogen) atoms. The normalized spacial score (nSPS) is 18.4. The third-order valence-corrected chi connectivity index (χ3v) is 7.13. The quantitative estimate of drug-likeness (QED) is 0.534. The van der Waals surface area contributed by atoms with Crippen LogP contribution in [0.4, 0.5) is 5.82 Å². The summed E-state index contributed by atoms with van der Waals surface area (Å²) >= 11 is 1.30. The second kappa shape index (κ2) is 10.8. The van der Waals surface area contributed by atoms with E-state index in [1.807, 2.05) is 10.6 Å². The number of anilines is 1. The monoisotopic (exact) mass is 490 g/mol. The number of aryl methyl sites for hydroxylation is 1. The highest BCUT2D eigenvalue weighted by atomic mass is 32.2. The standard InChI is InChI=1S/C21H26N6O4S2/c1-5-16-11-15(4)31-13-30-9-7-17(16)32-21-25-18-19(22)23-12-24-20(18)27(21)8-6-10-33(28,29)26-14(2)3/h1,7,11-12,14,26H,4,6,8-10,13H2,2-3H3,(H2,22,23,24)/b16-11-,17-7+. The van der Waals surface area contributed by atoms with Crippen molar-refractivity contribution in [2.24, 2.45) is 0 Å². The molecule has 12 heteroatoms. The maximum atomic E-state index is 12.2. The van der Waals surface area contributed by atoms with E-state index in [-0.39, 0.29) is 31.0 Å². The maximum Gasteiger partial charge on any atom is 0.211 e. The van der Waals surface area contributed by atoms with E-state index in [0.29, 0.717) is 45.5 Å². The molecule has 0 aliphatic carbocycles. The molecule has 0 amide bonds. The van der Waals surface area contributed by atoms with Gasteiger partial charge in [-0.2, -0.15) is 0 Å². The molecule has 2 aromatic heterocycles. The van der Waals surface area contributed by atoms with Crippen LogP contribution < -0.4 is 10.5 Å². The molecule has 1 aliphatic rings. The number of terminal acetylenes is 1. The number of hydrogen-bond donors (Lipinski definition) is 2. The van der Waals surface area contributed by atoms with Crippen molar-refractivity contribution >= 4 is 38.8 Å². The lowest BCUT2D eigenvalue weighted by Gasteiger charge is -2.12. The van der Waals surface area contributed by atoms with Gasteiger partial charge in [-0.05, 0) is 32.4 Å². The van der Waals surface area contributed by atoms with Crippen LogP contribution in [0.25, 0.3) is 11.2 Å². The molecule has 3 rings (SSSR count). The number of nitrogen functional groups attached to an aromatic ring is 1. The van der Waals surface area contributed by atoms with Crippen molar-refractivity contribution in [3.63, 3.8) is 0 Å². The van der Waals surface area contributed by atoms with Crippen LogP contribution in [-0.4, -0.2) is 53.1 Å². The van der Waals surface area contributed by atoms with Crippen molar-refractivity contribution in [1.82, 2.24) is 24.2 Å². The number of hydrogen-bond acceptors (Lipinski definition) is 9. The number of fused-ring (bicyclic) bond motifs is 1. The van der Waals surface area contributed by atoms with Crippen molar-refractivity contribution in [1.29, 1.82) is 0 Å². The van der Waals surface area contributed by atoms with Gasteiger partial charge in [0, 0.05) is 23.1 Å². The molecule has 0 atom stereocenters. The maximum absolute atomic E-state index is 12.2. The first-order chi connectivity index (χ1) is 15.7. The van der Waals surface area contributed by atoms with E-state index in [2.05, 4.69) is 32.2 Å². The number of sulfonamides is 1. The predicted molar refractivity (Wildman–Crippen MR) is 128 cm³/mol. The van der Waals surface area contributed by atoms with Crippen molar-refractivity contribution in [3.05, 3.63) is 41.3 Å². The second-order valence-corrected chi connectivity index (χ2v) is 10.3. The number of rotatable bonds is 8. The average Bonchev–Trinajstić information content (AvgIpc) is 3.11. The molecule has 0 aromatic carbocycles. The van der Waals surface area contributed by atoms with Gasteiger partial charge in [0.1, 0.15) is 12.1 Å². The van der Waals surface area contributed by atoms with Crippen LogP contribution in [0.3, 0.4) is 0 Å². The Morgan fingerprint density at radius 1 is 1.42 bits per heavy atom. The molecule has 0 unspecified atom stereocenters. The Balaban J connectivity index is 1.94. The molecule has 1 aliphatic heterocycles. The summed E-state index contributed by atoms with van der Waals surface area (Å²) in [7, 11) is -3.40. The first kappa shape index (κ1) is 24.8. The summed E-state index contributed by atoms with van der Waals surface area (Å²) < 4.78 is 39.6. The van der Waals surface area contributed by atoms with Gasteiger partial charge in [-0.1, -0.05) is 24.3 Å². The summed E-state index contributed by atoms with van der Waals surface area (Å²) in [5, 5.41) is 0.546. The lowest BCUT2D eigenvalue weighted by atomic mass is 10.2. The molecule has 0 radical (unpaired) electrons. The van der Waals surface area contributed by atoms with E-state index in [9.17, 15) is 8.42 Å². The highest BCUT2D eigenvalue weighted by molar-refractivity contribution is 8.03. The predicted octanol–water partition coefficient (Wildman–Crippen LogP) is 2.18. The summed E-state index contributed by atoms with van der Waals surface area (Å²) in [5.74, 6) is 3.21. The zero-order valence-electron chi connectivity index (χ0n) is 18.4. The molecule has 3 heterocycles. The van der Waals surface area contributed by atoms with Crippen LogP contribution in [0.2, 0.25) is 0 Å². The summed E-state index contributed by atoms with van der Waals surface area (Å²) in [6.07, 6.45) is 10.9. The van der Waals surface area contributed by atoms with Crippen molar-refractivity contribution < 1.29 is 17.9 Å². The van der Waals surface area contributed by atoms with E-state index in [1.165, 1.54) is 18.1 Å². The fraction of sp³-hybridized carbons (Fsp3) is 0.381. The van der Waals surface area contributed by atoms with Crippen LogP contribution >= 0.6 is 11.8 Å². The van der Waals surface area contributed by atoms with E-state index < -0.39 is 10.0 Å². The molecule has 0 saturated carbocycles. The van der Waals surface area contributed by atoms with Crippen LogP contribution in [-0.2, 0) is 26.0 Å². The lowest BCUT2D eigenvalue weighted by molar-refractivity contribution is -0.00601. The van der Waals surface area contributed by atoms with Gasteiger partial charge >= 0.3 is 0 Å². The SMILES string of the molecule is C#CC1=C/C(=C)OCOC/C=C\1Sc1nc2c(N)ncnc2n1CCCS(=O)(=O)NC(C)C. The van der Waals surface area contributed by atoms with Gasteiger partial charge in [0.15, 0.2) is 28.9 Å². The Bertz CT molecular complexity index is 1240. The Labute approximate surface area is 197 Å². The van der Waals surface area contributed by atoms with Gasteiger partial charge < -0.3 is 19.8 Å². The number of imidazole rings is 1. The van der Waals surface area contributed by atoms with E-state index >= 15 is 0 Å². The zero-order valence-corrected chi connectivity index (χ0v) is 20.1. The Morgan fingerprint density at radius 3 is 2.94 bits per heavy atom. The fourth-order valence-electron chi connectivity index (χ4n) is 3.04. The minimum absolute atomic E-state index is 0.0429. The molecule has 0 spiro atoms. The minimum atomic E-state index is -3.40. The van der Waals surface area contributed by atoms with Gasteiger partial charge in [-0.3, -0.25) is 0 Å². The third kappa shape index (κ3) is 6.58. The highest BCUT2D eigenvalue weighted by Gasteiger charge is 2.19. The number of allylic oxidation sites excluding steroid dienone is 2. The fourth-order valence-corrected chi connectivity index (χ4v) is 5.38. The van der Waals surface area contributed by atoms with Gasteiger partial charge in [0.2, 0.25) is 10.0 Å². The summed E-state index contributed by atoms with van der Waals surface area (Å²) in [5.41, 5.74) is 7.51. The molecular formula is C21H26N6O4S2. The van der Waals surface area contributed by atoms with E-state index in [4.69, 9.17) is 21.6 Å². The molecule has 0 saturated heterocycles. The summed E-state index contributed by atoms with van der Waals surface area (Å²) in [6, 6.07) is -0.173. The van der Waals surface area contributed by atoms with Gasteiger partial charge in [-0.15, -0.1) is 6.42 Å². The number of nitrogens with two attached hydrogens (primary N) is 1. The molecule has 10 nitrogen and oxygen atoms in total. The average molecular weight is 491 g/mol. The highest BCUT2D eigenvalue weighted by Crippen LogP contribution is 2.34. The molecule has 3 N–H and O–H groups in total. The summed E-state index contributed by atoms with van der Waals surface area (Å²) in [4.78, 5) is 13.7. The van der Waals surface area contributed by atoms with Gasteiger partial charge in [0.05, 0.1) is 12.4 Å². The molecule has 176 valence electrons. The largest absolute Gasteiger partial charge is 0.468 e. The Hall–Kier alpha value is -2.85. The number of nitrogens with zero attached hydrogens (tertiary/aromatic N) is 4. The first-order valence-corrected chi connectivity index (χ1v) is 12.6. The van der Waals surface area contributed by atoms with Crippen molar-refractivity contribution in [3.8, 4) is 12.3 Å². The molecular weight excluding hydrogens is 464 g/mol. The van der Waals surface area contributed by atoms with Crippen LogP contribution in [0.1, 0.15) is 20.3 Å². The molecule has 2 aromatic rings. The molecule has 0 bridgehead atoms. The van der Waals surface area contributed by atoms with Gasteiger partial charge in [0.25, 0.3) is 0 Å². The lowest BCUT2D eigenvalue weighted by Crippen LogP contribution is -2.32. The van der Waals surface area contributed by atoms with Gasteiger partial charge in [-0.25, -0.2) is 28.1 Å². The topological polar surface area (TPSA) is 134 Å². The number of ether oxygens (including phenoxy) is 2. The third-order valence-electron chi connectivity index (χ3n) is 4.38. The first-order valence-electron chi connectivity index (χ1n) is 10.1. The van der Waals surface area contributed by atoms with Crippen molar-refractivity contribution in [2.45, 2.75) is 38.0 Å². The number of nitrogens with one attached hydrogen (secondary N) is 1. The zero-order chi connectivity index (χ0) is 24.0. The summed E-state index contributed by atoms with van der Waals surface area (Å²) in [6.45, 7) is 8.06. The number of aromatic nitrogens is 4.